The van der Waals surface area contributed by atoms with E-state index in [0.717, 1.165) is 4.90 Å². The molecule has 0 saturated carbocycles. The van der Waals surface area contributed by atoms with Crippen LogP contribution in [0, 0.1) is 0 Å². The van der Waals surface area contributed by atoms with E-state index in [-0.39, 0.29) is 6.61 Å². The second-order valence-corrected chi connectivity index (χ2v) is 4.00. The number of ether oxygens (including phenoxy) is 1. The van der Waals surface area contributed by atoms with E-state index in [2.05, 4.69) is 0 Å². The number of likely N-dealkylation sites (N-methyl/N-ethyl adjacent to an activating group) is 1. The number of aliphatic hydroxyl groups is 1. The summed E-state index contributed by atoms with van der Waals surface area (Å²) in [5, 5.41) is 9.23. The minimum atomic E-state index is -4.28. The van der Waals surface area contributed by atoms with E-state index in [1.165, 1.54) is 14.2 Å². The highest BCUT2D eigenvalue weighted by Gasteiger charge is 2.32. The van der Waals surface area contributed by atoms with Gasteiger partial charge in [0.2, 0.25) is 0 Å². The number of hydrogen-bond donors (Lipinski definition) is 1. The average Bonchev–Trinajstić information content (AvgIpc) is 2.28. The van der Waals surface area contributed by atoms with Gasteiger partial charge in [0, 0.05) is 0 Å². The van der Waals surface area contributed by atoms with Crippen LogP contribution in [-0.4, -0.2) is 43.5 Å². The highest BCUT2D eigenvalue weighted by molar-refractivity contribution is 5.29. The lowest BCUT2D eigenvalue weighted by molar-refractivity contribution is -0.149. The quantitative estimate of drug-likeness (QED) is 0.884. The summed E-state index contributed by atoms with van der Waals surface area (Å²) in [6, 6.07) is 5.91. The first kappa shape index (κ1) is 14.8. The van der Waals surface area contributed by atoms with Gasteiger partial charge in [-0.3, -0.25) is 4.90 Å². The standard InChI is InChI=1S/C12H16F3NO2/c1-16(8-12(13,14)15)11(7-17)9-3-5-10(18-2)6-4-9/h3-6,11,17H,7-8H2,1-2H3. The van der Waals surface area contributed by atoms with E-state index >= 15 is 0 Å². The van der Waals surface area contributed by atoms with Gasteiger partial charge in [-0.15, -0.1) is 0 Å². The summed E-state index contributed by atoms with van der Waals surface area (Å²) in [5.74, 6) is 0.619. The van der Waals surface area contributed by atoms with Crippen LogP contribution in [0.1, 0.15) is 11.6 Å². The highest BCUT2D eigenvalue weighted by Crippen LogP contribution is 2.25. The monoisotopic (exact) mass is 263 g/mol. The molecular weight excluding hydrogens is 247 g/mol. The first-order valence-electron chi connectivity index (χ1n) is 5.39. The van der Waals surface area contributed by atoms with Gasteiger partial charge in [0.05, 0.1) is 26.3 Å². The lowest BCUT2D eigenvalue weighted by atomic mass is 10.1. The highest BCUT2D eigenvalue weighted by atomic mass is 19.4. The Morgan fingerprint density at radius 1 is 1.28 bits per heavy atom. The lowest BCUT2D eigenvalue weighted by Crippen LogP contribution is -2.35. The van der Waals surface area contributed by atoms with Crippen molar-refractivity contribution in [2.24, 2.45) is 0 Å². The fraction of sp³-hybridized carbons (Fsp3) is 0.500. The molecule has 0 fully saturated rings. The summed E-state index contributed by atoms with van der Waals surface area (Å²) in [7, 11) is 2.84. The molecule has 6 heteroatoms. The maximum absolute atomic E-state index is 12.3. The van der Waals surface area contributed by atoms with E-state index in [0.29, 0.717) is 11.3 Å². The molecule has 0 radical (unpaired) electrons. The normalized spacial score (nSPS) is 13.7. The predicted octanol–water partition coefficient (Wildman–Crippen LogP) is 2.22. The largest absolute Gasteiger partial charge is 0.497 e. The Kier molecular flexibility index (Phi) is 4.98. The maximum atomic E-state index is 12.3. The summed E-state index contributed by atoms with van der Waals surface area (Å²) >= 11 is 0. The minimum absolute atomic E-state index is 0.376. The third-order valence-corrected chi connectivity index (χ3v) is 2.63. The van der Waals surface area contributed by atoms with Crippen molar-refractivity contribution < 1.29 is 23.0 Å². The maximum Gasteiger partial charge on any atom is 0.401 e. The van der Waals surface area contributed by atoms with Crippen molar-refractivity contribution in [3.8, 4) is 5.75 Å². The van der Waals surface area contributed by atoms with Gasteiger partial charge in [0.15, 0.2) is 0 Å². The third kappa shape index (κ3) is 4.19. The topological polar surface area (TPSA) is 32.7 Å². The lowest BCUT2D eigenvalue weighted by Gasteiger charge is -2.27. The summed E-state index contributed by atoms with van der Waals surface area (Å²) < 4.78 is 41.8. The smallest absolute Gasteiger partial charge is 0.401 e. The number of alkyl halides is 3. The number of nitrogens with zero attached hydrogens (tertiary/aromatic N) is 1. The Hall–Kier alpha value is -1.27. The molecule has 1 aromatic rings. The van der Waals surface area contributed by atoms with Crippen molar-refractivity contribution in [1.29, 1.82) is 0 Å². The first-order chi connectivity index (χ1) is 8.37. The SMILES string of the molecule is COc1ccc(C(CO)N(C)CC(F)(F)F)cc1. The van der Waals surface area contributed by atoms with Crippen molar-refractivity contribution in [2.45, 2.75) is 12.2 Å². The van der Waals surface area contributed by atoms with Crippen LogP contribution >= 0.6 is 0 Å². The molecule has 0 heterocycles. The van der Waals surface area contributed by atoms with Gasteiger partial charge in [-0.2, -0.15) is 13.2 Å². The van der Waals surface area contributed by atoms with Crippen LogP contribution in [0.5, 0.6) is 5.75 Å². The summed E-state index contributed by atoms with van der Waals surface area (Å²) in [5.41, 5.74) is 0.616. The van der Waals surface area contributed by atoms with Crippen LogP contribution in [0.4, 0.5) is 13.2 Å². The van der Waals surface area contributed by atoms with Crippen LogP contribution < -0.4 is 4.74 Å². The van der Waals surface area contributed by atoms with Crippen molar-refractivity contribution in [3.63, 3.8) is 0 Å². The average molecular weight is 263 g/mol. The molecule has 0 saturated heterocycles. The van der Waals surface area contributed by atoms with Crippen LogP contribution in [-0.2, 0) is 0 Å². The molecule has 1 aromatic carbocycles. The van der Waals surface area contributed by atoms with E-state index in [1.807, 2.05) is 0 Å². The molecule has 0 aliphatic carbocycles. The number of rotatable bonds is 5. The fourth-order valence-electron chi connectivity index (χ4n) is 1.72. The zero-order valence-corrected chi connectivity index (χ0v) is 10.2. The molecule has 0 bridgehead atoms. The van der Waals surface area contributed by atoms with Gasteiger partial charge in [-0.25, -0.2) is 0 Å². The van der Waals surface area contributed by atoms with Crippen LogP contribution in [0.2, 0.25) is 0 Å². The zero-order valence-electron chi connectivity index (χ0n) is 10.2. The van der Waals surface area contributed by atoms with Crippen LogP contribution in [0.25, 0.3) is 0 Å². The Balaban J connectivity index is 2.81. The Morgan fingerprint density at radius 2 is 1.83 bits per heavy atom. The van der Waals surface area contributed by atoms with E-state index in [9.17, 15) is 18.3 Å². The van der Waals surface area contributed by atoms with E-state index < -0.39 is 18.8 Å². The zero-order chi connectivity index (χ0) is 13.8. The van der Waals surface area contributed by atoms with Gasteiger partial charge in [-0.1, -0.05) is 12.1 Å². The van der Waals surface area contributed by atoms with Crippen LogP contribution in [0.15, 0.2) is 24.3 Å². The fourth-order valence-corrected chi connectivity index (χ4v) is 1.72. The van der Waals surface area contributed by atoms with Crippen molar-refractivity contribution in [2.75, 3.05) is 27.3 Å². The molecule has 1 unspecified atom stereocenters. The second-order valence-electron chi connectivity index (χ2n) is 4.00. The van der Waals surface area contributed by atoms with Gasteiger partial charge >= 0.3 is 6.18 Å². The number of benzene rings is 1. The number of hydrogen-bond acceptors (Lipinski definition) is 3. The molecule has 0 aliphatic rings. The Morgan fingerprint density at radius 3 is 2.22 bits per heavy atom. The Labute approximate surface area is 104 Å². The van der Waals surface area contributed by atoms with Gasteiger partial charge < -0.3 is 9.84 Å². The number of halogens is 3. The number of aliphatic hydroxyl groups excluding tert-OH is 1. The molecule has 102 valence electrons. The summed E-state index contributed by atoms with van der Waals surface area (Å²) in [6.45, 7) is -1.44. The number of methoxy groups -OCH3 is 1. The molecule has 1 rings (SSSR count). The summed E-state index contributed by atoms with van der Waals surface area (Å²) in [4.78, 5) is 1.07. The molecule has 0 amide bonds. The molecule has 0 spiro atoms. The van der Waals surface area contributed by atoms with Crippen molar-refractivity contribution in [3.05, 3.63) is 29.8 Å². The van der Waals surface area contributed by atoms with Gasteiger partial charge in [0.1, 0.15) is 5.75 Å². The predicted molar refractivity (Wildman–Crippen MR) is 61.5 cm³/mol. The Bertz CT molecular complexity index is 365. The summed E-state index contributed by atoms with van der Waals surface area (Å²) in [6.07, 6.45) is -4.28. The van der Waals surface area contributed by atoms with Crippen molar-refractivity contribution >= 4 is 0 Å². The van der Waals surface area contributed by atoms with Gasteiger partial charge in [-0.05, 0) is 24.7 Å². The molecular formula is C12H16F3NO2. The van der Waals surface area contributed by atoms with E-state index in [1.54, 1.807) is 24.3 Å². The third-order valence-electron chi connectivity index (χ3n) is 2.63. The first-order valence-corrected chi connectivity index (χ1v) is 5.39. The van der Waals surface area contributed by atoms with Crippen molar-refractivity contribution in [1.82, 2.24) is 4.90 Å². The molecule has 1 atom stereocenters. The second kappa shape index (κ2) is 6.06. The molecule has 18 heavy (non-hydrogen) atoms. The van der Waals surface area contributed by atoms with Gasteiger partial charge in [0.25, 0.3) is 0 Å². The minimum Gasteiger partial charge on any atom is -0.497 e. The molecule has 0 aromatic heterocycles. The molecule has 3 nitrogen and oxygen atoms in total. The van der Waals surface area contributed by atoms with Crippen LogP contribution in [0.3, 0.4) is 0 Å². The molecule has 0 aliphatic heterocycles. The molecule has 1 N–H and O–H groups in total. The van der Waals surface area contributed by atoms with E-state index in [4.69, 9.17) is 4.74 Å².